The summed E-state index contributed by atoms with van der Waals surface area (Å²) >= 11 is 0. The number of carboxylic acids is 1. The lowest BCUT2D eigenvalue weighted by atomic mass is 10.0. The number of benzene rings is 1. The van der Waals surface area contributed by atoms with Crippen LogP contribution in [0.1, 0.15) is 64.5 Å². The fourth-order valence-corrected chi connectivity index (χ4v) is 3.17. The maximum atomic E-state index is 10.4. The molecule has 1 atom stereocenters. The maximum Gasteiger partial charge on any atom is 0.314 e. The molecule has 1 aromatic carbocycles. The standard InChI is InChI=1S/C19H30O5.C6H10O3.Al/c1-3-5-7-20-8-9-21-10-11-22-14-17-13-19-18(23-15-24-19)12-16(17)6-4-2;1-3-5(4(2)7)6(8)9;/h12-13H,3-11,14-15H2,1-2H3;5H,3H2,1-2H3,(H,8,9);. The fraction of sp³-hybridized carbons (Fsp3) is 0.680. The zero-order valence-electron chi connectivity index (χ0n) is 21.1. The molecule has 1 heterocycles. The van der Waals surface area contributed by atoms with Crippen LogP contribution >= 0.6 is 0 Å². The lowest BCUT2D eigenvalue weighted by Gasteiger charge is -2.11. The molecule has 1 unspecified atom stereocenters. The minimum Gasteiger partial charge on any atom is -0.481 e. The fourth-order valence-electron chi connectivity index (χ4n) is 3.17. The van der Waals surface area contributed by atoms with E-state index in [1.807, 2.05) is 6.07 Å². The van der Waals surface area contributed by atoms with Crippen molar-refractivity contribution >= 4 is 29.1 Å². The van der Waals surface area contributed by atoms with Gasteiger partial charge in [-0.1, -0.05) is 33.6 Å². The molecule has 34 heavy (non-hydrogen) atoms. The van der Waals surface area contributed by atoms with Crippen molar-refractivity contribution in [3.63, 3.8) is 0 Å². The van der Waals surface area contributed by atoms with Crippen molar-refractivity contribution in [3.05, 3.63) is 23.3 Å². The number of ketones is 1. The molecule has 1 aliphatic heterocycles. The quantitative estimate of drug-likeness (QED) is 0.209. The molecule has 2 rings (SSSR count). The normalized spacial score (nSPS) is 12.4. The number of unbranched alkanes of at least 4 members (excludes halogenated alkanes) is 1. The number of Topliss-reactive ketones (excluding diaryl/α,β-unsaturated/α-hetero) is 1. The van der Waals surface area contributed by atoms with E-state index in [1.165, 1.54) is 18.1 Å². The summed E-state index contributed by atoms with van der Waals surface area (Å²) in [6, 6.07) is 4.12. The third-order valence-electron chi connectivity index (χ3n) is 5.06. The number of aliphatic carboxylic acids is 1. The lowest BCUT2D eigenvalue weighted by molar-refractivity contribution is -0.145. The molecular weight excluding hydrogens is 455 g/mol. The monoisotopic (exact) mass is 495 g/mol. The van der Waals surface area contributed by atoms with Gasteiger partial charge < -0.3 is 28.8 Å². The number of carbonyl (C=O) groups excluding carboxylic acids is 1. The van der Waals surface area contributed by atoms with Gasteiger partial charge in [-0.3, -0.25) is 9.59 Å². The highest BCUT2D eigenvalue weighted by Crippen LogP contribution is 2.35. The van der Waals surface area contributed by atoms with E-state index in [2.05, 4.69) is 19.9 Å². The summed E-state index contributed by atoms with van der Waals surface area (Å²) in [5, 5.41) is 8.32. The first kappa shape index (κ1) is 32.4. The largest absolute Gasteiger partial charge is 0.481 e. The highest BCUT2D eigenvalue weighted by Gasteiger charge is 2.19. The Kier molecular flexibility index (Phi) is 18.7. The zero-order valence-corrected chi connectivity index (χ0v) is 22.3. The van der Waals surface area contributed by atoms with Crippen LogP contribution in [0.3, 0.4) is 0 Å². The molecule has 8 nitrogen and oxygen atoms in total. The summed E-state index contributed by atoms with van der Waals surface area (Å²) in [4.78, 5) is 20.6. The first-order valence-electron chi connectivity index (χ1n) is 11.8. The minimum atomic E-state index is -1.02. The molecule has 1 aromatic rings. The molecule has 0 saturated heterocycles. The van der Waals surface area contributed by atoms with E-state index in [-0.39, 0.29) is 23.1 Å². The molecule has 9 heteroatoms. The van der Waals surface area contributed by atoms with E-state index in [1.54, 1.807) is 6.92 Å². The van der Waals surface area contributed by atoms with Gasteiger partial charge in [-0.05, 0) is 49.4 Å². The second-order valence-corrected chi connectivity index (χ2v) is 7.76. The van der Waals surface area contributed by atoms with E-state index in [0.717, 1.165) is 43.8 Å². The molecular formula is C25H40AlO8. The Labute approximate surface area is 214 Å². The van der Waals surface area contributed by atoms with Crippen LogP contribution in [0.15, 0.2) is 12.1 Å². The molecule has 0 bridgehead atoms. The average molecular weight is 496 g/mol. The molecule has 0 spiro atoms. The summed E-state index contributed by atoms with van der Waals surface area (Å²) in [6.07, 6.45) is 4.76. The molecule has 0 saturated carbocycles. The van der Waals surface area contributed by atoms with Gasteiger partial charge in [0.1, 0.15) is 11.7 Å². The predicted molar refractivity (Wildman–Crippen MR) is 131 cm³/mol. The van der Waals surface area contributed by atoms with Crippen molar-refractivity contribution in [2.75, 3.05) is 39.8 Å². The van der Waals surface area contributed by atoms with Crippen LogP contribution in [0.4, 0.5) is 0 Å². The van der Waals surface area contributed by atoms with Crippen molar-refractivity contribution < 1.29 is 38.4 Å². The summed E-state index contributed by atoms with van der Waals surface area (Å²) in [6.45, 7) is 11.4. The van der Waals surface area contributed by atoms with Gasteiger partial charge in [0.05, 0.1) is 33.0 Å². The van der Waals surface area contributed by atoms with Crippen LogP contribution in [0.25, 0.3) is 0 Å². The smallest absolute Gasteiger partial charge is 0.314 e. The van der Waals surface area contributed by atoms with Gasteiger partial charge in [-0.15, -0.1) is 0 Å². The topological polar surface area (TPSA) is 101 Å². The Morgan fingerprint density at radius 2 is 1.47 bits per heavy atom. The van der Waals surface area contributed by atoms with Crippen LogP contribution < -0.4 is 9.47 Å². The van der Waals surface area contributed by atoms with Crippen LogP contribution in [-0.4, -0.2) is 74.0 Å². The summed E-state index contributed by atoms with van der Waals surface area (Å²) < 4.78 is 27.6. The molecule has 0 fully saturated rings. The number of carbonyl (C=O) groups is 2. The van der Waals surface area contributed by atoms with Crippen LogP contribution in [0.2, 0.25) is 0 Å². The van der Waals surface area contributed by atoms with E-state index < -0.39 is 11.9 Å². The molecule has 191 valence electrons. The molecule has 1 N–H and O–H groups in total. The van der Waals surface area contributed by atoms with Crippen molar-refractivity contribution in [1.29, 1.82) is 0 Å². The Hall–Kier alpha value is -1.63. The number of aryl methyl sites for hydroxylation is 1. The van der Waals surface area contributed by atoms with Gasteiger partial charge in [0.25, 0.3) is 0 Å². The SMILES string of the molecule is CCC(C(C)=O)C(=O)O.CCCCOCCOCCOCc1cc2c(cc1CCC)OCO2.[Al]. The molecule has 0 aromatic heterocycles. The van der Waals surface area contributed by atoms with Crippen molar-refractivity contribution in [1.82, 2.24) is 0 Å². The van der Waals surface area contributed by atoms with E-state index in [0.29, 0.717) is 46.2 Å². The second-order valence-electron chi connectivity index (χ2n) is 7.76. The summed E-state index contributed by atoms with van der Waals surface area (Å²) in [7, 11) is 0. The maximum absolute atomic E-state index is 10.4. The van der Waals surface area contributed by atoms with Gasteiger partial charge in [-0.2, -0.15) is 0 Å². The number of hydrogen-bond donors (Lipinski definition) is 1. The Bertz CT molecular complexity index is 696. The third-order valence-corrected chi connectivity index (χ3v) is 5.06. The number of carboxylic acid groups (broad SMARTS) is 1. The third kappa shape index (κ3) is 12.7. The first-order chi connectivity index (χ1) is 15.9. The number of rotatable bonds is 16. The molecule has 3 radical (unpaired) electrons. The predicted octanol–water partition coefficient (Wildman–Crippen LogP) is 4.02. The average Bonchev–Trinajstić information content (AvgIpc) is 3.23. The van der Waals surface area contributed by atoms with Gasteiger partial charge in [0.2, 0.25) is 6.79 Å². The van der Waals surface area contributed by atoms with Crippen LogP contribution in [0.5, 0.6) is 11.5 Å². The van der Waals surface area contributed by atoms with E-state index in [4.69, 9.17) is 28.8 Å². The van der Waals surface area contributed by atoms with Gasteiger partial charge in [-0.25, -0.2) is 0 Å². The molecule has 0 amide bonds. The van der Waals surface area contributed by atoms with Crippen LogP contribution in [0, 0.1) is 5.92 Å². The Morgan fingerprint density at radius 1 is 0.912 bits per heavy atom. The lowest BCUT2D eigenvalue weighted by Crippen LogP contribution is -2.19. The number of hydrogen-bond acceptors (Lipinski definition) is 7. The number of fused-ring (bicyclic) bond motifs is 1. The number of ether oxygens (including phenoxy) is 5. The van der Waals surface area contributed by atoms with E-state index in [9.17, 15) is 9.59 Å². The van der Waals surface area contributed by atoms with Crippen molar-refractivity contribution in [2.45, 2.75) is 66.4 Å². The highest BCUT2D eigenvalue weighted by atomic mass is 27.0. The Balaban J connectivity index is 0.000000931. The summed E-state index contributed by atoms with van der Waals surface area (Å²) in [5.41, 5.74) is 2.44. The van der Waals surface area contributed by atoms with E-state index >= 15 is 0 Å². The summed E-state index contributed by atoms with van der Waals surface area (Å²) in [5.74, 6) is -0.442. The van der Waals surface area contributed by atoms with Crippen molar-refractivity contribution in [3.8, 4) is 11.5 Å². The van der Waals surface area contributed by atoms with Crippen LogP contribution in [-0.2, 0) is 36.8 Å². The first-order valence-corrected chi connectivity index (χ1v) is 11.8. The zero-order chi connectivity index (χ0) is 24.5. The minimum absolute atomic E-state index is 0. The second kappa shape index (κ2) is 19.7. The van der Waals surface area contributed by atoms with Gasteiger partial charge >= 0.3 is 5.97 Å². The molecule has 1 aliphatic rings. The van der Waals surface area contributed by atoms with Gasteiger partial charge in [0.15, 0.2) is 11.5 Å². The molecule has 0 aliphatic carbocycles. The highest BCUT2D eigenvalue weighted by molar-refractivity contribution is 5.96. The van der Waals surface area contributed by atoms with Gasteiger partial charge in [0, 0.05) is 24.0 Å². The Morgan fingerprint density at radius 3 is 1.94 bits per heavy atom. The van der Waals surface area contributed by atoms with Crippen molar-refractivity contribution in [2.24, 2.45) is 5.92 Å².